The van der Waals surface area contributed by atoms with Crippen LogP contribution in [0.1, 0.15) is 25.7 Å². The third-order valence-corrected chi connectivity index (χ3v) is 4.50. The maximum absolute atomic E-state index is 5.29. The summed E-state index contributed by atoms with van der Waals surface area (Å²) in [5.41, 5.74) is 1.52. The minimum Gasteiger partial charge on any atom is -0.233 e. The zero-order valence-corrected chi connectivity index (χ0v) is 9.33. The molecule has 0 aromatic rings. The van der Waals surface area contributed by atoms with Gasteiger partial charge in [0.2, 0.25) is 0 Å². The molecule has 0 amide bonds. The van der Waals surface area contributed by atoms with Crippen molar-refractivity contribution in [1.82, 2.24) is 0 Å². The maximum atomic E-state index is 5.29. The smallest absolute Gasteiger partial charge is 0.118 e. The van der Waals surface area contributed by atoms with Gasteiger partial charge in [-0.05, 0) is 36.2 Å². The van der Waals surface area contributed by atoms with Crippen LogP contribution >= 0.6 is 24.0 Å². The lowest BCUT2D eigenvalue weighted by Gasteiger charge is -2.18. The average molecular weight is 222 g/mol. The van der Waals surface area contributed by atoms with Gasteiger partial charge in [0.25, 0.3) is 0 Å². The topological polar surface area (TPSA) is 24.7 Å². The van der Waals surface area contributed by atoms with Gasteiger partial charge < -0.3 is 0 Å². The van der Waals surface area contributed by atoms with E-state index in [9.17, 15) is 0 Å². The van der Waals surface area contributed by atoms with Crippen LogP contribution in [0.4, 0.5) is 0 Å². The fourth-order valence-corrected chi connectivity index (χ4v) is 3.93. The molecule has 3 rings (SSSR count). The molecule has 0 N–H and O–H groups in total. The quantitative estimate of drug-likeness (QED) is 0.589. The fraction of sp³-hybridized carbons (Fsp3) is 0.500. The first kappa shape index (κ1) is 8.80. The normalized spacial score (nSPS) is 30.1. The van der Waals surface area contributed by atoms with Gasteiger partial charge in [0, 0.05) is 0 Å². The largest absolute Gasteiger partial charge is 0.233 e. The van der Waals surface area contributed by atoms with Crippen molar-refractivity contribution in [1.29, 1.82) is 0 Å². The summed E-state index contributed by atoms with van der Waals surface area (Å²) >= 11 is 7.12. The molecule has 1 unspecified atom stereocenters. The van der Waals surface area contributed by atoms with E-state index in [1.165, 1.54) is 36.2 Å². The number of hydrogen-bond acceptors (Lipinski definition) is 3. The highest BCUT2D eigenvalue weighted by molar-refractivity contribution is 8.17. The summed E-state index contributed by atoms with van der Waals surface area (Å²) in [6.45, 7) is 0. The van der Waals surface area contributed by atoms with Crippen molar-refractivity contribution in [3.05, 3.63) is 10.5 Å². The molecule has 1 aliphatic carbocycles. The molecular formula is C10H10N2S2. The molecule has 0 fully saturated rings. The van der Waals surface area contributed by atoms with E-state index >= 15 is 0 Å². The van der Waals surface area contributed by atoms with Crippen molar-refractivity contribution >= 4 is 40.4 Å². The lowest BCUT2D eigenvalue weighted by atomic mass is 9.89. The second-order valence-electron chi connectivity index (χ2n) is 3.74. The number of rotatable bonds is 0. The molecule has 4 heteroatoms. The van der Waals surface area contributed by atoms with Gasteiger partial charge in [-0.3, -0.25) is 0 Å². The van der Waals surface area contributed by atoms with Crippen molar-refractivity contribution in [2.75, 3.05) is 0 Å². The Morgan fingerprint density at radius 2 is 2.21 bits per heavy atom. The van der Waals surface area contributed by atoms with E-state index in [1.54, 1.807) is 6.34 Å². The molecule has 2 heterocycles. The number of hydrogen-bond donors (Lipinski definition) is 0. The number of thiocarbonyl (C=S) groups is 1. The van der Waals surface area contributed by atoms with Crippen molar-refractivity contribution < 1.29 is 0 Å². The number of fused-ring (bicyclic) bond motifs is 2. The molecule has 0 aromatic carbocycles. The Balaban J connectivity index is 2.03. The van der Waals surface area contributed by atoms with E-state index in [4.69, 9.17) is 12.2 Å². The molecule has 0 spiro atoms. The van der Waals surface area contributed by atoms with Crippen molar-refractivity contribution in [2.24, 2.45) is 15.9 Å². The first-order chi connectivity index (χ1) is 6.86. The molecule has 2 nitrogen and oxygen atoms in total. The minimum absolute atomic E-state index is 0.273. The number of thioether (sulfide) groups is 1. The Morgan fingerprint density at radius 3 is 3.14 bits per heavy atom. The van der Waals surface area contributed by atoms with E-state index in [-0.39, 0.29) is 5.92 Å². The van der Waals surface area contributed by atoms with E-state index in [1.807, 2.05) is 11.8 Å². The Bertz CT molecular complexity index is 393. The van der Waals surface area contributed by atoms with E-state index in [2.05, 4.69) is 9.98 Å². The van der Waals surface area contributed by atoms with Crippen LogP contribution in [0, 0.1) is 5.92 Å². The van der Waals surface area contributed by atoms with Crippen LogP contribution in [0.25, 0.3) is 0 Å². The highest BCUT2D eigenvalue weighted by Gasteiger charge is 2.36. The van der Waals surface area contributed by atoms with Gasteiger partial charge in [-0.1, -0.05) is 24.0 Å². The Kier molecular flexibility index (Phi) is 2.06. The van der Waals surface area contributed by atoms with Crippen LogP contribution in [0.3, 0.4) is 0 Å². The van der Waals surface area contributed by atoms with Crippen LogP contribution in [0.15, 0.2) is 20.5 Å². The molecule has 0 radical (unpaired) electrons. The Morgan fingerprint density at radius 1 is 1.36 bits per heavy atom. The zero-order chi connectivity index (χ0) is 9.54. The van der Waals surface area contributed by atoms with Gasteiger partial charge in [-0.15, -0.1) is 0 Å². The monoisotopic (exact) mass is 222 g/mol. The summed E-state index contributed by atoms with van der Waals surface area (Å²) in [5.74, 6) is 0.273. The molecule has 3 aliphatic rings. The molecule has 14 heavy (non-hydrogen) atoms. The van der Waals surface area contributed by atoms with Crippen LogP contribution in [-0.2, 0) is 0 Å². The molecule has 0 aromatic heterocycles. The molecule has 0 saturated heterocycles. The third kappa shape index (κ3) is 1.21. The minimum atomic E-state index is 0.273. The average Bonchev–Trinajstić information content (AvgIpc) is 2.57. The van der Waals surface area contributed by atoms with E-state index in [0.717, 1.165) is 10.0 Å². The zero-order valence-electron chi connectivity index (χ0n) is 7.69. The van der Waals surface area contributed by atoms with Gasteiger partial charge in [-0.2, -0.15) is 0 Å². The van der Waals surface area contributed by atoms with Gasteiger partial charge in [0.15, 0.2) is 0 Å². The van der Waals surface area contributed by atoms with E-state index < -0.39 is 0 Å². The fourth-order valence-electron chi connectivity index (χ4n) is 2.23. The van der Waals surface area contributed by atoms with Gasteiger partial charge >= 0.3 is 0 Å². The Labute approximate surface area is 92.6 Å². The van der Waals surface area contributed by atoms with Crippen molar-refractivity contribution in [3.63, 3.8) is 0 Å². The number of allylic oxidation sites excluding steroid dienone is 1. The molecule has 1 atom stereocenters. The highest BCUT2D eigenvalue weighted by Crippen LogP contribution is 2.47. The summed E-state index contributed by atoms with van der Waals surface area (Å²) in [5, 5.41) is 1.16. The standard InChI is InChI=1S/C10H10N2S2/c13-9-8-6-3-1-2-4-7(6)14-10(8)12-5-11-9/h5,8H,1-4H2. The summed E-state index contributed by atoms with van der Waals surface area (Å²) in [6, 6.07) is 0. The molecule has 0 bridgehead atoms. The first-order valence-corrected chi connectivity index (χ1v) is 6.12. The summed E-state index contributed by atoms with van der Waals surface area (Å²) in [6.07, 6.45) is 6.63. The van der Waals surface area contributed by atoms with E-state index in [0.29, 0.717) is 0 Å². The van der Waals surface area contributed by atoms with Crippen LogP contribution in [-0.4, -0.2) is 16.4 Å². The second kappa shape index (κ2) is 3.28. The summed E-state index contributed by atoms with van der Waals surface area (Å²) < 4.78 is 0. The first-order valence-electron chi connectivity index (χ1n) is 4.90. The van der Waals surface area contributed by atoms with Crippen LogP contribution in [0.2, 0.25) is 0 Å². The lowest BCUT2D eigenvalue weighted by molar-refractivity contribution is 0.678. The van der Waals surface area contributed by atoms with Crippen LogP contribution < -0.4 is 0 Å². The van der Waals surface area contributed by atoms with Crippen LogP contribution in [0.5, 0.6) is 0 Å². The third-order valence-electron chi connectivity index (χ3n) is 2.90. The predicted octanol–water partition coefficient (Wildman–Crippen LogP) is 2.95. The molecule has 2 aliphatic heterocycles. The highest BCUT2D eigenvalue weighted by atomic mass is 32.2. The molecular weight excluding hydrogens is 212 g/mol. The summed E-state index contributed by atoms with van der Waals surface area (Å²) in [7, 11) is 0. The van der Waals surface area contributed by atoms with Crippen molar-refractivity contribution in [2.45, 2.75) is 25.7 Å². The molecule has 72 valence electrons. The maximum Gasteiger partial charge on any atom is 0.118 e. The second-order valence-corrected chi connectivity index (χ2v) is 5.27. The number of aliphatic imine (C=N–C) groups is 2. The summed E-state index contributed by atoms with van der Waals surface area (Å²) in [4.78, 5) is 10.8. The van der Waals surface area contributed by atoms with Gasteiger partial charge in [0.05, 0.1) is 11.0 Å². The Hall–Kier alpha value is -0.480. The SMILES string of the molecule is S=C1N=CN=C2SC3=C(CCCC3)C12. The van der Waals surface area contributed by atoms with Gasteiger partial charge in [-0.25, -0.2) is 9.98 Å². The number of nitrogens with zero attached hydrogens (tertiary/aromatic N) is 2. The molecule has 0 saturated carbocycles. The van der Waals surface area contributed by atoms with Crippen molar-refractivity contribution in [3.8, 4) is 0 Å². The predicted molar refractivity (Wildman–Crippen MR) is 65.1 cm³/mol. The lowest BCUT2D eigenvalue weighted by Crippen LogP contribution is -2.21. The van der Waals surface area contributed by atoms with Gasteiger partial charge in [0.1, 0.15) is 11.3 Å².